The second kappa shape index (κ2) is 7.02. The highest BCUT2D eigenvalue weighted by Crippen LogP contribution is 2.20. The number of benzene rings is 2. The molecule has 0 amide bonds. The average Bonchev–Trinajstić information content (AvgIpc) is 2.44. The van der Waals surface area contributed by atoms with Crippen LogP contribution in [0.3, 0.4) is 0 Å². The predicted octanol–water partition coefficient (Wildman–Crippen LogP) is 3.79. The van der Waals surface area contributed by atoms with Crippen LogP contribution in [0.2, 0.25) is 0 Å². The van der Waals surface area contributed by atoms with Gasteiger partial charge >= 0.3 is 0 Å². The van der Waals surface area contributed by atoms with Crippen LogP contribution in [0, 0.1) is 0 Å². The molecule has 0 fully saturated rings. The van der Waals surface area contributed by atoms with Gasteiger partial charge in [0.05, 0.1) is 11.5 Å². The Labute approximate surface area is 127 Å². The second-order valence-corrected chi connectivity index (χ2v) is 7.65. The molecule has 0 radical (unpaired) electrons. The molecule has 0 saturated carbocycles. The van der Waals surface area contributed by atoms with Gasteiger partial charge in [0.1, 0.15) is 5.75 Å². The summed E-state index contributed by atoms with van der Waals surface area (Å²) >= 11 is 1.71. The molecule has 0 aliphatic rings. The van der Waals surface area contributed by atoms with E-state index in [1.165, 1.54) is 17.0 Å². The zero-order valence-corrected chi connectivity index (χ0v) is 12.9. The fraction of sp³-hybridized carbons (Fsp3) is 0.143. The number of halogens is 1. The smallest absolute Gasteiger partial charge is 0.261 e. The third kappa shape index (κ3) is 4.74. The lowest BCUT2D eigenvalue weighted by Crippen LogP contribution is -2.00. The lowest BCUT2D eigenvalue weighted by atomic mass is 10.3. The maximum absolute atomic E-state index is 11.1. The SMILES string of the molecule is O=S(=O)(Cl)c1ccc(OCCSc2ccccc2)cc1. The van der Waals surface area contributed by atoms with Gasteiger partial charge in [0.2, 0.25) is 0 Å². The standard InChI is InChI=1S/C14H13ClO3S2/c15-20(16,17)14-8-6-12(7-9-14)18-10-11-19-13-4-2-1-3-5-13/h1-9H,10-11H2. The van der Waals surface area contributed by atoms with Crippen LogP contribution >= 0.6 is 22.4 Å². The normalized spacial score (nSPS) is 11.2. The summed E-state index contributed by atoms with van der Waals surface area (Å²) in [5.74, 6) is 1.45. The Kier molecular flexibility index (Phi) is 5.34. The molecule has 0 aliphatic carbocycles. The molecule has 0 heterocycles. The first-order chi connectivity index (χ1) is 9.55. The Morgan fingerprint density at radius 2 is 1.65 bits per heavy atom. The van der Waals surface area contributed by atoms with Crippen LogP contribution < -0.4 is 4.74 Å². The maximum Gasteiger partial charge on any atom is 0.261 e. The van der Waals surface area contributed by atoms with Gasteiger partial charge in [-0.3, -0.25) is 0 Å². The van der Waals surface area contributed by atoms with Crippen molar-refractivity contribution in [1.29, 1.82) is 0 Å². The quantitative estimate of drug-likeness (QED) is 0.460. The summed E-state index contributed by atoms with van der Waals surface area (Å²) in [6.45, 7) is 0.548. The molecule has 0 N–H and O–H groups in total. The van der Waals surface area contributed by atoms with E-state index in [-0.39, 0.29) is 4.90 Å². The van der Waals surface area contributed by atoms with Crippen molar-refractivity contribution in [3.8, 4) is 5.75 Å². The number of hydrogen-bond donors (Lipinski definition) is 0. The van der Waals surface area contributed by atoms with Crippen LogP contribution in [0.15, 0.2) is 64.4 Å². The Morgan fingerprint density at radius 1 is 1.00 bits per heavy atom. The first kappa shape index (κ1) is 15.2. The fourth-order valence-electron chi connectivity index (χ4n) is 1.53. The molecule has 0 aliphatic heterocycles. The highest BCUT2D eigenvalue weighted by Gasteiger charge is 2.09. The van der Waals surface area contributed by atoms with Crippen molar-refractivity contribution in [2.75, 3.05) is 12.4 Å². The molecule has 2 rings (SSSR count). The molecule has 2 aromatic carbocycles. The lowest BCUT2D eigenvalue weighted by Gasteiger charge is -2.06. The van der Waals surface area contributed by atoms with E-state index in [0.717, 1.165) is 5.75 Å². The molecular formula is C14H13ClO3S2. The van der Waals surface area contributed by atoms with Crippen LogP contribution in [-0.2, 0) is 9.05 Å². The zero-order valence-electron chi connectivity index (χ0n) is 10.5. The minimum atomic E-state index is -3.67. The average molecular weight is 329 g/mol. The van der Waals surface area contributed by atoms with E-state index in [1.807, 2.05) is 30.3 Å². The van der Waals surface area contributed by atoms with Crippen LogP contribution in [0.4, 0.5) is 0 Å². The summed E-state index contributed by atoms with van der Waals surface area (Å²) in [4.78, 5) is 1.27. The number of rotatable bonds is 6. The van der Waals surface area contributed by atoms with Crippen molar-refractivity contribution in [3.05, 3.63) is 54.6 Å². The lowest BCUT2D eigenvalue weighted by molar-refractivity contribution is 0.343. The molecule has 0 bridgehead atoms. The minimum absolute atomic E-state index is 0.0742. The van der Waals surface area contributed by atoms with Crippen LogP contribution in [0.25, 0.3) is 0 Å². The Balaban J connectivity index is 1.80. The second-order valence-electron chi connectivity index (χ2n) is 3.92. The molecule has 106 valence electrons. The first-order valence-corrected chi connectivity index (χ1v) is 9.20. The van der Waals surface area contributed by atoms with E-state index >= 15 is 0 Å². The van der Waals surface area contributed by atoms with Crippen molar-refractivity contribution >= 4 is 31.5 Å². The fourth-order valence-corrected chi connectivity index (χ4v) is 3.06. The van der Waals surface area contributed by atoms with Gasteiger partial charge in [-0.25, -0.2) is 8.42 Å². The Morgan fingerprint density at radius 3 is 2.25 bits per heavy atom. The molecule has 20 heavy (non-hydrogen) atoms. The summed E-state index contributed by atoms with van der Waals surface area (Å²) in [6, 6.07) is 16.1. The third-order valence-electron chi connectivity index (χ3n) is 2.47. The van der Waals surface area contributed by atoms with Gasteiger partial charge < -0.3 is 4.74 Å². The van der Waals surface area contributed by atoms with E-state index in [1.54, 1.807) is 23.9 Å². The largest absolute Gasteiger partial charge is 0.493 e. The van der Waals surface area contributed by atoms with E-state index in [2.05, 4.69) is 0 Å². The monoisotopic (exact) mass is 328 g/mol. The molecule has 6 heteroatoms. The summed E-state index contributed by atoms with van der Waals surface area (Å²) < 4.78 is 27.7. The molecule has 2 aromatic rings. The van der Waals surface area contributed by atoms with Crippen LogP contribution in [0.1, 0.15) is 0 Å². The molecule has 0 spiro atoms. The highest BCUT2D eigenvalue weighted by molar-refractivity contribution is 8.13. The third-order valence-corrected chi connectivity index (χ3v) is 4.82. The molecule has 3 nitrogen and oxygen atoms in total. The predicted molar refractivity (Wildman–Crippen MR) is 82.1 cm³/mol. The molecule has 0 atom stereocenters. The van der Waals surface area contributed by atoms with Crippen molar-refractivity contribution < 1.29 is 13.2 Å². The number of ether oxygens (including phenoxy) is 1. The van der Waals surface area contributed by atoms with Crippen molar-refractivity contribution in [3.63, 3.8) is 0 Å². The number of hydrogen-bond acceptors (Lipinski definition) is 4. The molecule has 0 aromatic heterocycles. The van der Waals surface area contributed by atoms with Gasteiger partial charge in [-0.15, -0.1) is 11.8 Å². The molecular weight excluding hydrogens is 316 g/mol. The van der Waals surface area contributed by atoms with Gasteiger partial charge in [-0.05, 0) is 36.4 Å². The van der Waals surface area contributed by atoms with E-state index < -0.39 is 9.05 Å². The minimum Gasteiger partial charge on any atom is -0.493 e. The van der Waals surface area contributed by atoms with E-state index in [0.29, 0.717) is 12.4 Å². The zero-order chi connectivity index (χ0) is 14.4. The van der Waals surface area contributed by atoms with Crippen LogP contribution in [0.5, 0.6) is 5.75 Å². The summed E-state index contributed by atoms with van der Waals surface area (Å²) in [5.41, 5.74) is 0. The topological polar surface area (TPSA) is 43.4 Å². The Bertz CT molecular complexity index is 640. The van der Waals surface area contributed by atoms with Gasteiger partial charge in [-0.2, -0.15) is 0 Å². The van der Waals surface area contributed by atoms with Gasteiger partial charge in [-0.1, -0.05) is 18.2 Å². The van der Waals surface area contributed by atoms with Gasteiger partial charge in [0.15, 0.2) is 0 Å². The molecule has 0 saturated heterocycles. The summed E-state index contributed by atoms with van der Waals surface area (Å²) in [7, 11) is 1.57. The molecule has 0 unspecified atom stereocenters. The van der Waals surface area contributed by atoms with Crippen molar-refractivity contribution in [2.45, 2.75) is 9.79 Å². The first-order valence-electron chi connectivity index (χ1n) is 5.91. The number of thioether (sulfide) groups is 1. The maximum atomic E-state index is 11.1. The van der Waals surface area contributed by atoms with E-state index in [9.17, 15) is 8.42 Å². The Hall–Kier alpha value is -1.17. The van der Waals surface area contributed by atoms with E-state index in [4.69, 9.17) is 15.4 Å². The van der Waals surface area contributed by atoms with Crippen LogP contribution in [-0.4, -0.2) is 20.8 Å². The van der Waals surface area contributed by atoms with Gasteiger partial charge in [0, 0.05) is 21.3 Å². The van der Waals surface area contributed by atoms with Crippen molar-refractivity contribution in [1.82, 2.24) is 0 Å². The van der Waals surface area contributed by atoms with Gasteiger partial charge in [0.25, 0.3) is 9.05 Å². The summed E-state index contributed by atoms with van der Waals surface area (Å²) in [5, 5.41) is 0. The highest BCUT2D eigenvalue weighted by atomic mass is 35.7. The van der Waals surface area contributed by atoms with Crippen molar-refractivity contribution in [2.24, 2.45) is 0 Å². The summed E-state index contributed by atoms with van der Waals surface area (Å²) in [6.07, 6.45) is 0.